The van der Waals surface area contributed by atoms with Crippen molar-refractivity contribution in [3.63, 3.8) is 0 Å². The predicted molar refractivity (Wildman–Crippen MR) is 143 cm³/mol. The molecule has 200 valence electrons. The topological polar surface area (TPSA) is 136 Å². The van der Waals surface area contributed by atoms with E-state index in [1.807, 2.05) is 60.0 Å². The minimum absolute atomic E-state index is 0.176. The molecule has 0 bridgehead atoms. The molecule has 3 unspecified atom stereocenters. The fourth-order valence-electron chi connectivity index (χ4n) is 4.26. The molecule has 0 spiro atoms. The molecular weight excluding hydrogens is 507 g/mol. The Morgan fingerprint density at radius 2 is 1.79 bits per heavy atom. The molecule has 3 atom stereocenters. The standard InChI is InChI=1S/C26H31N6O5P/c1-19(15-32-17-30-23-24(27)28-16-29-25(23)32)36-18-38(33,37-21-10-6-3-7-11-21)31-22(26-34-12-13-35-26)14-20-8-4-2-5-9-20/h2-11,16-17,19,22,26H,12-15,18H2,1H3,(H,31,33)(H2,27,28,29). The molecule has 38 heavy (non-hydrogen) atoms. The lowest BCUT2D eigenvalue weighted by molar-refractivity contribution is -0.0631. The van der Waals surface area contributed by atoms with Crippen LogP contribution in [0.15, 0.2) is 73.3 Å². The van der Waals surface area contributed by atoms with E-state index in [0.717, 1.165) is 5.56 Å². The van der Waals surface area contributed by atoms with E-state index in [2.05, 4.69) is 20.0 Å². The first kappa shape index (κ1) is 26.3. The number of hydrogen-bond donors (Lipinski definition) is 2. The molecule has 0 aliphatic carbocycles. The first-order chi connectivity index (χ1) is 18.5. The maximum Gasteiger partial charge on any atom is 0.342 e. The summed E-state index contributed by atoms with van der Waals surface area (Å²) in [6.45, 7) is 3.25. The highest BCUT2D eigenvalue weighted by Gasteiger charge is 2.36. The molecule has 3 heterocycles. The van der Waals surface area contributed by atoms with Gasteiger partial charge >= 0.3 is 7.52 Å². The zero-order valence-electron chi connectivity index (χ0n) is 21.1. The van der Waals surface area contributed by atoms with Crippen LogP contribution in [-0.4, -0.2) is 57.5 Å². The van der Waals surface area contributed by atoms with Crippen molar-refractivity contribution < 1.29 is 23.3 Å². The Kier molecular flexibility index (Phi) is 8.31. The van der Waals surface area contributed by atoms with Gasteiger partial charge in [-0.25, -0.2) is 20.0 Å². The van der Waals surface area contributed by atoms with Crippen molar-refractivity contribution in [3.8, 4) is 5.75 Å². The molecule has 1 aliphatic heterocycles. The second-order valence-electron chi connectivity index (χ2n) is 9.05. The van der Waals surface area contributed by atoms with Crippen molar-refractivity contribution >= 4 is 24.5 Å². The fourth-order valence-corrected chi connectivity index (χ4v) is 6.07. The Morgan fingerprint density at radius 1 is 1.08 bits per heavy atom. The van der Waals surface area contributed by atoms with Crippen LogP contribution in [0, 0.1) is 0 Å². The highest BCUT2D eigenvalue weighted by Crippen LogP contribution is 2.45. The number of benzene rings is 2. The zero-order valence-corrected chi connectivity index (χ0v) is 21.9. The molecule has 1 saturated heterocycles. The van der Waals surface area contributed by atoms with Crippen LogP contribution < -0.4 is 15.3 Å². The molecule has 1 aliphatic rings. The minimum Gasteiger partial charge on any atom is -0.431 e. The van der Waals surface area contributed by atoms with Gasteiger partial charge in [-0.05, 0) is 31.0 Å². The summed E-state index contributed by atoms with van der Waals surface area (Å²) < 4.78 is 39.8. The van der Waals surface area contributed by atoms with Crippen molar-refractivity contribution in [2.45, 2.75) is 38.3 Å². The summed E-state index contributed by atoms with van der Waals surface area (Å²) in [6.07, 6.45) is 2.48. The highest BCUT2D eigenvalue weighted by molar-refractivity contribution is 7.57. The Labute approximate surface area is 220 Å². The third-order valence-corrected chi connectivity index (χ3v) is 7.77. The summed E-state index contributed by atoms with van der Waals surface area (Å²) in [6, 6.07) is 18.5. The Morgan fingerprint density at radius 3 is 2.53 bits per heavy atom. The lowest BCUT2D eigenvalue weighted by atomic mass is 10.1. The smallest absolute Gasteiger partial charge is 0.342 e. The normalized spacial score (nSPS) is 17.3. The van der Waals surface area contributed by atoms with Crippen molar-refractivity contribution in [1.29, 1.82) is 0 Å². The molecule has 3 N–H and O–H groups in total. The first-order valence-corrected chi connectivity index (χ1v) is 14.2. The molecule has 2 aromatic carbocycles. The number of nitrogens with one attached hydrogen (secondary N) is 1. The Bertz CT molecular complexity index is 1370. The van der Waals surface area contributed by atoms with E-state index in [9.17, 15) is 4.57 Å². The van der Waals surface area contributed by atoms with E-state index >= 15 is 0 Å². The third kappa shape index (κ3) is 6.56. The summed E-state index contributed by atoms with van der Waals surface area (Å²) in [5, 5.41) is 3.22. The monoisotopic (exact) mass is 538 g/mol. The first-order valence-electron chi connectivity index (χ1n) is 12.4. The fraction of sp³-hybridized carbons (Fsp3) is 0.346. The molecule has 11 nitrogen and oxygen atoms in total. The van der Waals surface area contributed by atoms with Crippen LogP contribution in [0.4, 0.5) is 5.82 Å². The SMILES string of the molecule is CC(Cn1cnc2c(N)ncnc21)OCP(=O)(NC(Cc1ccccc1)C1OCCO1)Oc1ccccc1. The number of rotatable bonds is 12. The van der Waals surface area contributed by atoms with Gasteiger partial charge in [0.25, 0.3) is 0 Å². The number of fused-ring (bicyclic) bond motifs is 1. The van der Waals surface area contributed by atoms with Crippen LogP contribution in [0.3, 0.4) is 0 Å². The lowest BCUT2D eigenvalue weighted by Crippen LogP contribution is -2.42. The van der Waals surface area contributed by atoms with Gasteiger partial charge in [-0.1, -0.05) is 48.5 Å². The average molecular weight is 539 g/mol. The van der Waals surface area contributed by atoms with Crippen LogP contribution in [0.2, 0.25) is 0 Å². The van der Waals surface area contributed by atoms with E-state index in [0.29, 0.717) is 48.9 Å². The van der Waals surface area contributed by atoms with E-state index in [4.69, 9.17) is 24.5 Å². The Hall–Kier alpha value is -3.34. The number of aromatic nitrogens is 4. The van der Waals surface area contributed by atoms with E-state index < -0.39 is 19.9 Å². The number of nitrogen functional groups attached to an aromatic ring is 1. The van der Waals surface area contributed by atoms with E-state index in [-0.39, 0.29) is 12.5 Å². The number of nitrogens with two attached hydrogens (primary N) is 1. The maximum atomic E-state index is 14.3. The minimum atomic E-state index is -3.59. The number of anilines is 1. The lowest BCUT2D eigenvalue weighted by Gasteiger charge is -2.29. The molecule has 4 aromatic rings. The van der Waals surface area contributed by atoms with Crippen molar-refractivity contribution in [2.24, 2.45) is 0 Å². The summed E-state index contributed by atoms with van der Waals surface area (Å²) in [5.41, 5.74) is 8.09. The number of nitrogens with zero attached hydrogens (tertiary/aromatic N) is 4. The molecule has 0 saturated carbocycles. The second-order valence-corrected chi connectivity index (χ2v) is 11.1. The number of ether oxygens (including phenoxy) is 3. The van der Waals surface area contributed by atoms with Gasteiger partial charge in [0.1, 0.15) is 23.9 Å². The van der Waals surface area contributed by atoms with Crippen LogP contribution in [0.1, 0.15) is 12.5 Å². The second kappa shape index (κ2) is 12.0. The van der Waals surface area contributed by atoms with Crippen LogP contribution in [-0.2, 0) is 31.7 Å². The van der Waals surface area contributed by atoms with Crippen molar-refractivity contribution in [3.05, 3.63) is 78.9 Å². The summed E-state index contributed by atoms with van der Waals surface area (Å²) in [5.74, 6) is 0.784. The molecule has 5 rings (SSSR count). The zero-order chi connectivity index (χ0) is 26.4. The van der Waals surface area contributed by atoms with E-state index in [1.54, 1.807) is 18.5 Å². The summed E-state index contributed by atoms with van der Waals surface area (Å²) in [7, 11) is -3.59. The van der Waals surface area contributed by atoms with Gasteiger partial charge in [0.15, 0.2) is 17.8 Å². The van der Waals surface area contributed by atoms with Crippen molar-refractivity contribution in [2.75, 3.05) is 25.3 Å². The highest BCUT2D eigenvalue weighted by atomic mass is 31.2. The van der Waals surface area contributed by atoms with Crippen molar-refractivity contribution in [1.82, 2.24) is 24.6 Å². The van der Waals surface area contributed by atoms with Gasteiger partial charge in [0.2, 0.25) is 0 Å². The van der Waals surface area contributed by atoms with Gasteiger partial charge in [0, 0.05) is 0 Å². The third-order valence-electron chi connectivity index (χ3n) is 6.05. The van der Waals surface area contributed by atoms with Crippen LogP contribution in [0.5, 0.6) is 5.75 Å². The number of hydrogen-bond acceptors (Lipinski definition) is 9. The molecule has 0 radical (unpaired) electrons. The Balaban J connectivity index is 1.33. The predicted octanol–water partition coefficient (Wildman–Crippen LogP) is 3.62. The average Bonchev–Trinajstić information content (AvgIpc) is 3.60. The van der Waals surface area contributed by atoms with E-state index in [1.165, 1.54) is 6.33 Å². The van der Waals surface area contributed by atoms with Gasteiger partial charge < -0.3 is 29.0 Å². The van der Waals surface area contributed by atoms with Gasteiger partial charge in [-0.2, -0.15) is 0 Å². The molecule has 12 heteroatoms. The molecule has 1 fully saturated rings. The van der Waals surface area contributed by atoms with Gasteiger partial charge in [0.05, 0.1) is 38.2 Å². The quantitative estimate of drug-likeness (QED) is 0.258. The van der Waals surface area contributed by atoms with Crippen LogP contribution >= 0.6 is 7.52 Å². The largest absolute Gasteiger partial charge is 0.431 e. The molecule has 2 aromatic heterocycles. The van der Waals surface area contributed by atoms with Gasteiger partial charge in [-0.3, -0.25) is 4.57 Å². The summed E-state index contributed by atoms with van der Waals surface area (Å²) in [4.78, 5) is 12.6. The number of para-hydroxylation sites is 1. The molecular formula is C26H31N6O5P. The van der Waals surface area contributed by atoms with Crippen LogP contribution in [0.25, 0.3) is 11.2 Å². The maximum absolute atomic E-state index is 14.3. The van der Waals surface area contributed by atoms with Gasteiger partial charge in [-0.15, -0.1) is 0 Å². The number of imidazole rings is 1. The summed E-state index contributed by atoms with van der Waals surface area (Å²) >= 11 is 0. The molecule has 0 amide bonds.